The Morgan fingerprint density at radius 2 is 1.89 bits per heavy atom. The van der Waals surface area contributed by atoms with Gasteiger partial charge >= 0.3 is 0 Å². The molecule has 0 unspecified atom stereocenters. The summed E-state index contributed by atoms with van der Waals surface area (Å²) in [6.07, 6.45) is 5.42. The van der Waals surface area contributed by atoms with E-state index in [0.717, 1.165) is 22.2 Å². The van der Waals surface area contributed by atoms with E-state index >= 15 is 0 Å². The minimum atomic E-state index is -3.81. The van der Waals surface area contributed by atoms with Crippen LogP contribution < -0.4 is 4.72 Å². The van der Waals surface area contributed by atoms with E-state index in [-0.39, 0.29) is 4.90 Å². The molecular weight excluding hydrogens is 376 g/mol. The average Bonchev–Trinajstić information content (AvgIpc) is 3.28. The molecule has 0 spiro atoms. The average molecular weight is 396 g/mol. The first kappa shape index (κ1) is 18.2. The number of nitrogens with one attached hydrogen (secondary N) is 1. The van der Waals surface area contributed by atoms with Crippen molar-refractivity contribution >= 4 is 26.6 Å². The smallest absolute Gasteiger partial charge is 0.263 e. The van der Waals surface area contributed by atoms with Crippen LogP contribution in [-0.4, -0.2) is 33.0 Å². The number of fused-ring (bicyclic) bond motifs is 1. The lowest BCUT2D eigenvalue weighted by Crippen LogP contribution is -2.16. The molecule has 9 heteroatoms. The van der Waals surface area contributed by atoms with Crippen molar-refractivity contribution in [3.8, 4) is 5.82 Å². The third kappa shape index (κ3) is 3.03. The number of rotatable bonds is 5. The van der Waals surface area contributed by atoms with Gasteiger partial charge in [-0.1, -0.05) is 19.1 Å². The minimum absolute atomic E-state index is 0.0854. The second-order valence-corrected chi connectivity index (χ2v) is 8.18. The van der Waals surface area contributed by atoms with E-state index in [2.05, 4.69) is 19.9 Å². The lowest BCUT2D eigenvalue weighted by atomic mass is 10.1. The van der Waals surface area contributed by atoms with Crippen LogP contribution in [0.25, 0.3) is 16.7 Å². The Morgan fingerprint density at radius 1 is 1.07 bits per heavy atom. The first-order valence-electron chi connectivity index (χ1n) is 8.84. The first-order chi connectivity index (χ1) is 13.4. The fourth-order valence-electron chi connectivity index (χ4n) is 3.18. The number of hydrogen-bond acceptors (Lipinski definition) is 5. The summed E-state index contributed by atoms with van der Waals surface area (Å²) in [5.41, 5.74) is 3.11. The van der Waals surface area contributed by atoms with E-state index in [1.807, 2.05) is 32.0 Å². The molecule has 1 aromatic carbocycles. The Kier molecular flexibility index (Phi) is 4.38. The Labute approximate surface area is 162 Å². The molecule has 8 nitrogen and oxygen atoms in total. The lowest BCUT2D eigenvalue weighted by Gasteiger charge is -2.14. The molecule has 0 saturated carbocycles. The Hall–Kier alpha value is -3.20. The minimum Gasteiger partial charge on any atom is -0.277 e. The number of aromatic nitrogens is 5. The van der Waals surface area contributed by atoms with Crippen molar-refractivity contribution in [1.29, 1.82) is 0 Å². The zero-order chi connectivity index (χ0) is 19.9. The van der Waals surface area contributed by atoms with Crippen LogP contribution in [0.5, 0.6) is 0 Å². The van der Waals surface area contributed by atoms with Crippen LogP contribution in [0.4, 0.5) is 5.69 Å². The molecule has 0 saturated heterocycles. The highest BCUT2D eigenvalue weighted by atomic mass is 32.2. The highest BCUT2D eigenvalue weighted by molar-refractivity contribution is 7.92. The summed E-state index contributed by atoms with van der Waals surface area (Å²) in [6.45, 7) is 3.89. The van der Waals surface area contributed by atoms with Gasteiger partial charge in [-0.3, -0.25) is 9.40 Å². The van der Waals surface area contributed by atoms with Crippen LogP contribution in [0.1, 0.15) is 18.2 Å². The van der Waals surface area contributed by atoms with Crippen molar-refractivity contribution in [2.75, 3.05) is 4.72 Å². The fraction of sp³-hybridized carbons (Fsp3) is 0.211. The number of pyridine rings is 1. The molecule has 4 rings (SSSR count). The maximum absolute atomic E-state index is 13.0. The molecule has 0 aliphatic rings. The summed E-state index contributed by atoms with van der Waals surface area (Å²) in [7, 11) is -2.02. The largest absolute Gasteiger partial charge is 0.277 e. The van der Waals surface area contributed by atoms with Gasteiger partial charge in [-0.25, -0.2) is 18.1 Å². The highest BCUT2D eigenvalue weighted by Crippen LogP contribution is 2.29. The third-order valence-corrected chi connectivity index (χ3v) is 6.02. The number of nitrogens with zero attached hydrogens (tertiary/aromatic N) is 5. The van der Waals surface area contributed by atoms with Gasteiger partial charge in [0.25, 0.3) is 10.0 Å². The van der Waals surface area contributed by atoms with Gasteiger partial charge in [0.2, 0.25) is 0 Å². The van der Waals surface area contributed by atoms with Gasteiger partial charge in [-0.05, 0) is 37.1 Å². The van der Waals surface area contributed by atoms with Crippen LogP contribution in [0.15, 0.2) is 53.8 Å². The molecule has 0 atom stereocenters. The number of sulfonamides is 1. The van der Waals surface area contributed by atoms with Gasteiger partial charge in [-0.15, -0.1) is 0 Å². The van der Waals surface area contributed by atoms with Crippen molar-refractivity contribution in [3.05, 3.63) is 60.2 Å². The van der Waals surface area contributed by atoms with Crippen molar-refractivity contribution < 1.29 is 8.42 Å². The van der Waals surface area contributed by atoms with Crippen LogP contribution in [0, 0.1) is 6.92 Å². The first-order valence-corrected chi connectivity index (χ1v) is 10.3. The normalized spacial score (nSPS) is 11.8. The van der Waals surface area contributed by atoms with Gasteiger partial charge in [0, 0.05) is 30.5 Å². The monoisotopic (exact) mass is 396 g/mol. The van der Waals surface area contributed by atoms with E-state index in [1.165, 1.54) is 12.3 Å². The van der Waals surface area contributed by atoms with Gasteiger partial charge < -0.3 is 0 Å². The fourth-order valence-corrected chi connectivity index (χ4v) is 4.23. The lowest BCUT2D eigenvalue weighted by molar-refractivity contribution is 0.600. The quantitative estimate of drug-likeness (QED) is 0.560. The second-order valence-electron chi connectivity index (χ2n) is 6.50. The molecule has 1 N–H and O–H groups in total. The molecule has 3 aromatic heterocycles. The van der Waals surface area contributed by atoms with Crippen LogP contribution in [-0.2, 0) is 23.5 Å². The van der Waals surface area contributed by atoms with Crippen LogP contribution >= 0.6 is 0 Å². The molecule has 0 radical (unpaired) electrons. The van der Waals surface area contributed by atoms with Crippen molar-refractivity contribution in [3.63, 3.8) is 0 Å². The predicted molar refractivity (Wildman–Crippen MR) is 107 cm³/mol. The Bertz CT molecular complexity index is 1260. The van der Waals surface area contributed by atoms with Gasteiger partial charge in [0.15, 0.2) is 5.82 Å². The summed E-state index contributed by atoms with van der Waals surface area (Å²) >= 11 is 0. The maximum Gasteiger partial charge on any atom is 0.263 e. The van der Waals surface area contributed by atoms with E-state index < -0.39 is 10.0 Å². The highest BCUT2D eigenvalue weighted by Gasteiger charge is 2.20. The van der Waals surface area contributed by atoms with Crippen LogP contribution in [0.2, 0.25) is 0 Å². The summed E-state index contributed by atoms with van der Waals surface area (Å²) in [6, 6.07) is 8.89. The zero-order valence-electron chi connectivity index (χ0n) is 15.8. The number of anilines is 1. The summed E-state index contributed by atoms with van der Waals surface area (Å²) in [5, 5.41) is 9.30. The third-order valence-electron chi connectivity index (χ3n) is 4.69. The molecule has 3 heterocycles. The van der Waals surface area contributed by atoms with E-state index in [1.54, 1.807) is 34.9 Å². The standard InChI is InChI=1S/C19H20N6O2S/c1-4-14-5-6-15-11-22-24(3)19(15)18(14)23-28(26,27)16-7-8-17(20-12-16)25-13(2)9-10-21-25/h5-12,23H,4H2,1-3H3. The molecule has 0 amide bonds. The predicted octanol–water partition coefficient (Wildman–Crippen LogP) is 2.83. The van der Waals surface area contributed by atoms with Gasteiger partial charge in [0.1, 0.15) is 4.90 Å². The van der Waals surface area contributed by atoms with Crippen molar-refractivity contribution in [2.24, 2.45) is 7.05 Å². The molecule has 0 fully saturated rings. The van der Waals surface area contributed by atoms with E-state index in [0.29, 0.717) is 17.9 Å². The number of benzene rings is 1. The zero-order valence-corrected chi connectivity index (χ0v) is 16.6. The summed E-state index contributed by atoms with van der Waals surface area (Å²) in [4.78, 5) is 4.35. The molecule has 4 aromatic rings. The molecule has 144 valence electrons. The topological polar surface area (TPSA) is 94.7 Å². The van der Waals surface area contributed by atoms with Crippen LogP contribution in [0.3, 0.4) is 0 Å². The molecule has 0 aliphatic carbocycles. The maximum atomic E-state index is 13.0. The SMILES string of the molecule is CCc1ccc2cnn(C)c2c1NS(=O)(=O)c1ccc(-n2nccc2C)nc1. The molecule has 0 aliphatic heterocycles. The molecular formula is C19H20N6O2S. The second kappa shape index (κ2) is 6.75. The van der Waals surface area contributed by atoms with E-state index in [4.69, 9.17) is 0 Å². The van der Waals surface area contributed by atoms with Gasteiger partial charge in [-0.2, -0.15) is 10.2 Å². The summed E-state index contributed by atoms with van der Waals surface area (Å²) in [5.74, 6) is 0.560. The van der Waals surface area contributed by atoms with E-state index in [9.17, 15) is 8.42 Å². The van der Waals surface area contributed by atoms with Crippen molar-refractivity contribution in [1.82, 2.24) is 24.5 Å². The summed E-state index contributed by atoms with van der Waals surface area (Å²) < 4.78 is 32.1. The Morgan fingerprint density at radius 3 is 2.54 bits per heavy atom. The van der Waals surface area contributed by atoms with Gasteiger partial charge in [0.05, 0.1) is 17.4 Å². The van der Waals surface area contributed by atoms with Crippen molar-refractivity contribution in [2.45, 2.75) is 25.2 Å². The number of aryl methyl sites for hydroxylation is 3. The molecule has 28 heavy (non-hydrogen) atoms. The Balaban J connectivity index is 1.73. The number of hydrogen-bond donors (Lipinski definition) is 1. The molecule has 0 bridgehead atoms.